The van der Waals surface area contributed by atoms with Crippen molar-refractivity contribution in [2.45, 2.75) is 12.8 Å². The highest BCUT2D eigenvalue weighted by molar-refractivity contribution is 5.96. The molecule has 9 nitrogen and oxygen atoms in total. The molecule has 0 saturated carbocycles. The van der Waals surface area contributed by atoms with Gasteiger partial charge >= 0.3 is 0 Å². The molecule has 1 atom stereocenters. The molecule has 0 aliphatic rings. The van der Waals surface area contributed by atoms with Gasteiger partial charge in [0.25, 0.3) is 0 Å². The van der Waals surface area contributed by atoms with Crippen molar-refractivity contribution in [1.29, 1.82) is 0 Å². The highest BCUT2D eigenvalue weighted by Crippen LogP contribution is 2.33. The lowest BCUT2D eigenvalue weighted by molar-refractivity contribution is -0.119. The minimum atomic E-state index is -0.466. The zero-order valence-electron chi connectivity index (χ0n) is 19.0. The largest absolute Gasteiger partial charge is 0.369 e. The number of primary amides is 1. The van der Waals surface area contributed by atoms with Gasteiger partial charge in [-0.25, -0.2) is 14.4 Å². The van der Waals surface area contributed by atoms with Gasteiger partial charge in [0.05, 0.1) is 23.0 Å². The first-order chi connectivity index (χ1) is 17.5. The molecule has 5 aromatic heterocycles. The Balaban J connectivity index is 1.46. The van der Waals surface area contributed by atoms with E-state index in [2.05, 4.69) is 30.1 Å². The van der Waals surface area contributed by atoms with E-state index in [1.807, 2.05) is 12.1 Å². The number of fused-ring (bicyclic) bond motifs is 2. The van der Waals surface area contributed by atoms with E-state index in [-0.39, 0.29) is 5.82 Å². The van der Waals surface area contributed by atoms with E-state index < -0.39 is 11.8 Å². The molecule has 176 valence electrons. The van der Waals surface area contributed by atoms with E-state index in [1.165, 1.54) is 6.07 Å². The molecule has 4 N–H and O–H groups in total. The minimum Gasteiger partial charge on any atom is -0.369 e. The summed E-state index contributed by atoms with van der Waals surface area (Å²) in [6.45, 7) is 1.74. The number of aromatic nitrogens is 7. The molecule has 6 aromatic rings. The van der Waals surface area contributed by atoms with Crippen LogP contribution in [-0.4, -0.2) is 41.0 Å². The molecule has 0 saturated heterocycles. The SMILES string of the molecule is CC(C(N)=O)c1cncc(-c2cnc3n[nH]c(-c4nc5c(-c6ccccc6F)cncc5[nH]4)c3c2)c1. The second kappa shape index (κ2) is 8.35. The Bertz CT molecular complexity index is 1770. The van der Waals surface area contributed by atoms with Crippen molar-refractivity contribution in [3.63, 3.8) is 0 Å². The van der Waals surface area contributed by atoms with Crippen LogP contribution < -0.4 is 5.73 Å². The molecule has 36 heavy (non-hydrogen) atoms. The average molecular weight is 478 g/mol. The van der Waals surface area contributed by atoms with E-state index in [1.54, 1.807) is 56.1 Å². The Kier molecular flexibility index (Phi) is 4.99. The third-order valence-corrected chi connectivity index (χ3v) is 6.22. The third-order valence-electron chi connectivity index (χ3n) is 6.22. The number of aromatic amines is 2. The molecule has 10 heteroatoms. The number of hydrogen-bond donors (Lipinski definition) is 3. The van der Waals surface area contributed by atoms with Crippen LogP contribution >= 0.6 is 0 Å². The van der Waals surface area contributed by atoms with Gasteiger partial charge in [0.2, 0.25) is 5.91 Å². The van der Waals surface area contributed by atoms with Crippen LogP contribution in [0.3, 0.4) is 0 Å². The van der Waals surface area contributed by atoms with Gasteiger partial charge in [-0.1, -0.05) is 18.2 Å². The van der Waals surface area contributed by atoms with Crippen molar-refractivity contribution in [2.24, 2.45) is 5.73 Å². The topological polar surface area (TPSA) is 139 Å². The van der Waals surface area contributed by atoms with Crippen molar-refractivity contribution >= 4 is 28.0 Å². The van der Waals surface area contributed by atoms with Gasteiger partial charge in [0.1, 0.15) is 17.0 Å². The number of rotatable bonds is 5. The zero-order valence-corrected chi connectivity index (χ0v) is 19.0. The maximum Gasteiger partial charge on any atom is 0.224 e. The third kappa shape index (κ3) is 3.56. The van der Waals surface area contributed by atoms with Gasteiger partial charge in [0, 0.05) is 47.0 Å². The summed E-state index contributed by atoms with van der Waals surface area (Å²) < 4.78 is 14.5. The molecular formula is C26H19FN8O. The standard InChI is InChI=1S/C26H19FN8O/c1-13(24(28)36)14-6-15(9-29-8-14)16-7-18-23(34-35-25(18)31-10-16)26-32-21-12-30-11-19(22(21)33-26)17-4-2-3-5-20(17)27/h2-13H,1H3,(H2,28,36)(H,32,33)(H,31,34,35). The van der Waals surface area contributed by atoms with Crippen molar-refractivity contribution in [3.8, 4) is 33.8 Å². The zero-order chi connectivity index (χ0) is 24.8. The number of hydrogen-bond acceptors (Lipinski definition) is 6. The normalized spacial score (nSPS) is 12.3. The molecule has 0 radical (unpaired) electrons. The number of carbonyl (C=O) groups is 1. The van der Waals surface area contributed by atoms with Crippen LogP contribution in [-0.2, 0) is 4.79 Å². The predicted octanol–water partition coefficient (Wildman–Crippen LogP) is 4.35. The van der Waals surface area contributed by atoms with Gasteiger partial charge in [-0.15, -0.1) is 0 Å². The first-order valence-corrected chi connectivity index (χ1v) is 11.2. The van der Waals surface area contributed by atoms with Crippen LogP contribution in [0.25, 0.3) is 55.8 Å². The molecule has 0 bridgehead atoms. The first-order valence-electron chi connectivity index (χ1n) is 11.2. The molecule has 0 spiro atoms. The van der Waals surface area contributed by atoms with Crippen molar-refractivity contribution in [1.82, 2.24) is 35.1 Å². The molecule has 1 amide bonds. The molecule has 6 rings (SSSR count). The summed E-state index contributed by atoms with van der Waals surface area (Å²) in [6.07, 6.45) is 8.28. The predicted molar refractivity (Wildman–Crippen MR) is 133 cm³/mol. The number of nitrogens with zero attached hydrogens (tertiary/aromatic N) is 5. The number of halogens is 1. The fraction of sp³-hybridized carbons (Fsp3) is 0.0769. The van der Waals surface area contributed by atoms with Crippen LogP contribution in [0.15, 0.2) is 67.4 Å². The fourth-order valence-electron chi connectivity index (χ4n) is 4.18. The maximum atomic E-state index is 14.5. The Morgan fingerprint density at radius 2 is 1.81 bits per heavy atom. The van der Waals surface area contributed by atoms with Crippen LogP contribution in [0, 0.1) is 5.82 Å². The highest BCUT2D eigenvalue weighted by atomic mass is 19.1. The van der Waals surface area contributed by atoms with Crippen LogP contribution in [0.1, 0.15) is 18.4 Å². The van der Waals surface area contributed by atoms with Crippen LogP contribution in [0.2, 0.25) is 0 Å². The lowest BCUT2D eigenvalue weighted by Crippen LogP contribution is -2.18. The number of nitrogens with one attached hydrogen (secondary N) is 2. The van der Waals surface area contributed by atoms with E-state index >= 15 is 0 Å². The van der Waals surface area contributed by atoms with Crippen molar-refractivity contribution in [2.75, 3.05) is 0 Å². The lowest BCUT2D eigenvalue weighted by atomic mass is 9.99. The van der Waals surface area contributed by atoms with Gasteiger partial charge in [-0.05, 0) is 30.7 Å². The van der Waals surface area contributed by atoms with Gasteiger partial charge in [-0.3, -0.25) is 19.9 Å². The van der Waals surface area contributed by atoms with E-state index in [9.17, 15) is 9.18 Å². The second-order valence-corrected chi connectivity index (χ2v) is 8.47. The number of pyridine rings is 3. The molecule has 0 fully saturated rings. The van der Waals surface area contributed by atoms with Crippen molar-refractivity contribution in [3.05, 3.63) is 78.8 Å². The van der Waals surface area contributed by atoms with E-state index in [4.69, 9.17) is 10.7 Å². The van der Waals surface area contributed by atoms with Crippen LogP contribution in [0.5, 0.6) is 0 Å². The number of amides is 1. The molecular weight excluding hydrogens is 459 g/mol. The Morgan fingerprint density at radius 1 is 1.00 bits per heavy atom. The molecule has 1 unspecified atom stereocenters. The van der Waals surface area contributed by atoms with Crippen molar-refractivity contribution < 1.29 is 9.18 Å². The summed E-state index contributed by atoms with van der Waals surface area (Å²) in [5.41, 5.74) is 11.2. The Morgan fingerprint density at radius 3 is 2.64 bits per heavy atom. The summed E-state index contributed by atoms with van der Waals surface area (Å²) in [6, 6.07) is 10.3. The fourth-order valence-corrected chi connectivity index (χ4v) is 4.18. The molecule has 1 aromatic carbocycles. The minimum absolute atomic E-state index is 0.348. The number of carbonyl (C=O) groups excluding carboxylic acids is 1. The number of nitrogens with two attached hydrogens (primary N) is 1. The number of benzene rings is 1. The van der Waals surface area contributed by atoms with Gasteiger partial charge < -0.3 is 10.7 Å². The second-order valence-electron chi connectivity index (χ2n) is 8.47. The molecule has 0 aliphatic heterocycles. The van der Waals surface area contributed by atoms with E-state index in [0.29, 0.717) is 39.3 Å². The van der Waals surface area contributed by atoms with Gasteiger partial charge in [-0.2, -0.15) is 5.10 Å². The molecule has 0 aliphatic carbocycles. The first kappa shape index (κ1) is 21.5. The maximum absolute atomic E-state index is 14.5. The summed E-state index contributed by atoms with van der Waals surface area (Å²) in [7, 11) is 0. The number of imidazole rings is 1. The quantitative estimate of drug-likeness (QED) is 0.337. The number of H-pyrrole nitrogens is 2. The smallest absolute Gasteiger partial charge is 0.224 e. The Hall–Kier alpha value is -4.99. The molecule has 5 heterocycles. The monoisotopic (exact) mass is 478 g/mol. The summed E-state index contributed by atoms with van der Waals surface area (Å²) in [5.74, 6) is -0.717. The summed E-state index contributed by atoms with van der Waals surface area (Å²) >= 11 is 0. The van der Waals surface area contributed by atoms with Gasteiger partial charge in [0.15, 0.2) is 11.5 Å². The lowest BCUT2D eigenvalue weighted by Gasteiger charge is -2.09. The summed E-state index contributed by atoms with van der Waals surface area (Å²) in [5, 5.41) is 8.06. The van der Waals surface area contributed by atoms with Crippen LogP contribution in [0.4, 0.5) is 4.39 Å². The Labute approximate surface area is 203 Å². The average Bonchev–Trinajstić information content (AvgIpc) is 3.52. The summed E-state index contributed by atoms with van der Waals surface area (Å²) in [4.78, 5) is 32.7. The highest BCUT2D eigenvalue weighted by Gasteiger charge is 2.18. The van der Waals surface area contributed by atoms with E-state index in [0.717, 1.165) is 22.1 Å².